The van der Waals surface area contributed by atoms with Crippen LogP contribution in [0.25, 0.3) is 0 Å². The second-order valence-electron chi connectivity index (χ2n) is 3.89. The van der Waals surface area contributed by atoms with E-state index >= 15 is 0 Å². The van der Waals surface area contributed by atoms with Crippen molar-refractivity contribution in [2.45, 2.75) is 0 Å². The zero-order valence-electron chi connectivity index (χ0n) is 10.6. The van der Waals surface area contributed by atoms with Gasteiger partial charge in [0.15, 0.2) is 0 Å². The molecular weight excluding hydrogens is 280 g/mol. The van der Waals surface area contributed by atoms with E-state index in [2.05, 4.69) is 15.0 Å². The van der Waals surface area contributed by atoms with Crippen LogP contribution in [0.15, 0.2) is 42.6 Å². The highest BCUT2D eigenvalue weighted by Crippen LogP contribution is 2.13. The van der Waals surface area contributed by atoms with Crippen LogP contribution in [0.1, 0.15) is 20.8 Å². The van der Waals surface area contributed by atoms with Crippen molar-refractivity contribution >= 4 is 29.2 Å². The van der Waals surface area contributed by atoms with Gasteiger partial charge in [0.25, 0.3) is 5.91 Å². The molecule has 0 saturated heterocycles. The van der Waals surface area contributed by atoms with Gasteiger partial charge in [-0.05, 0) is 30.3 Å². The van der Waals surface area contributed by atoms with E-state index in [-0.39, 0.29) is 11.6 Å². The highest BCUT2D eigenvalue weighted by Gasteiger charge is 2.10. The first-order valence-corrected chi connectivity index (χ1v) is 6.09. The number of ether oxygens (including phenoxy) is 1. The number of aromatic nitrogens is 1. The van der Waals surface area contributed by atoms with Gasteiger partial charge in [-0.2, -0.15) is 0 Å². The second kappa shape index (κ2) is 6.16. The number of carbonyl (C=O) groups excluding carboxylic acids is 2. The van der Waals surface area contributed by atoms with Crippen molar-refractivity contribution in [3.8, 4) is 0 Å². The Morgan fingerprint density at radius 1 is 1.25 bits per heavy atom. The molecule has 0 atom stereocenters. The molecule has 0 aliphatic carbocycles. The lowest BCUT2D eigenvalue weighted by molar-refractivity contribution is 0.0600. The fourth-order valence-electron chi connectivity index (χ4n) is 1.55. The van der Waals surface area contributed by atoms with E-state index in [0.717, 1.165) is 0 Å². The van der Waals surface area contributed by atoms with Gasteiger partial charge in [-0.1, -0.05) is 17.7 Å². The monoisotopic (exact) mass is 290 g/mol. The second-order valence-corrected chi connectivity index (χ2v) is 4.32. The van der Waals surface area contributed by atoms with Gasteiger partial charge in [0.2, 0.25) is 0 Å². The molecule has 1 aromatic heterocycles. The van der Waals surface area contributed by atoms with Crippen LogP contribution >= 0.6 is 11.6 Å². The lowest BCUT2D eigenvalue weighted by atomic mass is 10.2. The lowest BCUT2D eigenvalue weighted by Gasteiger charge is -2.06. The molecule has 0 fully saturated rings. The number of benzene rings is 1. The fraction of sp³-hybridized carbons (Fsp3) is 0.0714. The molecule has 0 aliphatic rings. The average molecular weight is 291 g/mol. The molecule has 2 aromatic rings. The van der Waals surface area contributed by atoms with Crippen LogP contribution in [0.3, 0.4) is 0 Å². The highest BCUT2D eigenvalue weighted by atomic mass is 35.5. The predicted molar refractivity (Wildman–Crippen MR) is 75.0 cm³/mol. The van der Waals surface area contributed by atoms with Gasteiger partial charge in [0.05, 0.1) is 17.7 Å². The summed E-state index contributed by atoms with van der Waals surface area (Å²) in [5.41, 5.74) is 1.07. The Kier molecular flexibility index (Phi) is 4.32. The molecule has 0 saturated carbocycles. The Balaban J connectivity index is 2.15. The summed E-state index contributed by atoms with van der Waals surface area (Å²) in [6.07, 6.45) is 1.39. The van der Waals surface area contributed by atoms with Crippen LogP contribution in [-0.4, -0.2) is 24.0 Å². The minimum atomic E-state index is -0.467. The number of methoxy groups -OCH3 is 1. The molecule has 102 valence electrons. The predicted octanol–water partition coefficient (Wildman–Crippen LogP) is 2.77. The standard InChI is InChI=1S/C14H11ClN2O3/c1-20-14(19)9-3-2-4-11(7-9)17-13(18)12-6-5-10(15)8-16-12/h2-8H,1H3,(H,17,18). The van der Waals surface area contributed by atoms with Crippen LogP contribution in [0.2, 0.25) is 5.02 Å². The van der Waals surface area contributed by atoms with Gasteiger partial charge in [-0.25, -0.2) is 9.78 Å². The maximum atomic E-state index is 11.9. The third kappa shape index (κ3) is 3.33. The van der Waals surface area contributed by atoms with Gasteiger partial charge < -0.3 is 10.1 Å². The number of anilines is 1. The van der Waals surface area contributed by atoms with Crippen LogP contribution in [-0.2, 0) is 4.74 Å². The lowest BCUT2D eigenvalue weighted by Crippen LogP contribution is -2.14. The summed E-state index contributed by atoms with van der Waals surface area (Å²) in [7, 11) is 1.30. The zero-order valence-corrected chi connectivity index (χ0v) is 11.3. The summed E-state index contributed by atoms with van der Waals surface area (Å²) in [6, 6.07) is 9.54. The Bertz CT molecular complexity index is 641. The minimum absolute atomic E-state index is 0.234. The van der Waals surface area contributed by atoms with Gasteiger partial charge >= 0.3 is 5.97 Å². The Morgan fingerprint density at radius 3 is 2.70 bits per heavy atom. The Morgan fingerprint density at radius 2 is 2.05 bits per heavy atom. The van der Waals surface area contributed by atoms with E-state index in [1.165, 1.54) is 25.4 Å². The van der Waals surface area contributed by atoms with Gasteiger partial charge in [-0.15, -0.1) is 0 Å². The number of nitrogens with zero attached hydrogens (tertiary/aromatic N) is 1. The maximum Gasteiger partial charge on any atom is 0.337 e. The number of esters is 1. The number of nitrogens with one attached hydrogen (secondary N) is 1. The molecule has 1 N–H and O–H groups in total. The molecule has 0 bridgehead atoms. The summed E-state index contributed by atoms with van der Waals surface area (Å²) < 4.78 is 4.62. The molecule has 1 heterocycles. The Labute approximate surface area is 120 Å². The molecule has 1 amide bonds. The van der Waals surface area contributed by atoms with Crippen molar-refractivity contribution in [1.29, 1.82) is 0 Å². The van der Waals surface area contributed by atoms with Crippen molar-refractivity contribution in [1.82, 2.24) is 4.98 Å². The van der Waals surface area contributed by atoms with Gasteiger partial charge in [0.1, 0.15) is 5.69 Å². The van der Waals surface area contributed by atoms with E-state index in [0.29, 0.717) is 16.3 Å². The smallest absolute Gasteiger partial charge is 0.337 e. The first-order chi connectivity index (χ1) is 9.60. The van der Waals surface area contributed by atoms with Gasteiger partial charge in [-0.3, -0.25) is 4.79 Å². The molecule has 0 unspecified atom stereocenters. The average Bonchev–Trinajstić information content (AvgIpc) is 2.47. The van der Waals surface area contributed by atoms with Crippen molar-refractivity contribution in [2.24, 2.45) is 0 Å². The van der Waals surface area contributed by atoms with E-state index in [1.54, 1.807) is 24.3 Å². The van der Waals surface area contributed by atoms with Crippen molar-refractivity contribution in [3.63, 3.8) is 0 Å². The summed E-state index contributed by atoms with van der Waals surface area (Å²) in [6.45, 7) is 0. The van der Waals surface area contributed by atoms with Crippen molar-refractivity contribution in [2.75, 3.05) is 12.4 Å². The summed E-state index contributed by atoms with van der Waals surface area (Å²) in [5, 5.41) is 3.10. The molecule has 0 radical (unpaired) electrons. The summed E-state index contributed by atoms with van der Waals surface area (Å²) >= 11 is 5.70. The zero-order chi connectivity index (χ0) is 14.5. The van der Waals surface area contributed by atoms with E-state index in [1.807, 2.05) is 0 Å². The molecular formula is C14H11ClN2O3. The first-order valence-electron chi connectivity index (χ1n) is 5.71. The third-order valence-corrected chi connectivity index (χ3v) is 2.73. The summed E-state index contributed by atoms with van der Waals surface area (Å²) in [4.78, 5) is 27.3. The van der Waals surface area contributed by atoms with Crippen molar-refractivity contribution < 1.29 is 14.3 Å². The number of pyridine rings is 1. The molecule has 0 spiro atoms. The number of amides is 1. The van der Waals surface area contributed by atoms with E-state index in [4.69, 9.17) is 11.6 Å². The molecule has 5 nitrogen and oxygen atoms in total. The van der Waals surface area contributed by atoms with Crippen LogP contribution in [0.4, 0.5) is 5.69 Å². The van der Waals surface area contributed by atoms with Crippen LogP contribution in [0.5, 0.6) is 0 Å². The quantitative estimate of drug-likeness (QED) is 0.883. The number of halogens is 1. The molecule has 20 heavy (non-hydrogen) atoms. The van der Waals surface area contributed by atoms with Crippen molar-refractivity contribution in [3.05, 3.63) is 58.9 Å². The topological polar surface area (TPSA) is 68.3 Å². The normalized spacial score (nSPS) is 9.90. The molecule has 6 heteroatoms. The molecule has 2 rings (SSSR count). The third-order valence-electron chi connectivity index (χ3n) is 2.50. The van der Waals surface area contributed by atoms with E-state index in [9.17, 15) is 9.59 Å². The Hall–Kier alpha value is -2.40. The first kappa shape index (κ1) is 14.0. The van der Waals surface area contributed by atoms with Crippen LogP contribution < -0.4 is 5.32 Å². The number of hydrogen-bond acceptors (Lipinski definition) is 4. The minimum Gasteiger partial charge on any atom is -0.465 e. The summed E-state index contributed by atoms with van der Waals surface area (Å²) in [5.74, 6) is -0.852. The van der Waals surface area contributed by atoms with Crippen LogP contribution in [0, 0.1) is 0 Å². The largest absolute Gasteiger partial charge is 0.465 e. The van der Waals surface area contributed by atoms with Gasteiger partial charge in [0, 0.05) is 11.9 Å². The highest BCUT2D eigenvalue weighted by molar-refractivity contribution is 6.30. The fourth-order valence-corrected chi connectivity index (χ4v) is 1.66. The number of rotatable bonds is 3. The molecule has 0 aliphatic heterocycles. The van der Waals surface area contributed by atoms with E-state index < -0.39 is 5.97 Å². The maximum absolute atomic E-state index is 11.9. The number of hydrogen-bond donors (Lipinski definition) is 1. The number of carbonyl (C=O) groups is 2. The SMILES string of the molecule is COC(=O)c1cccc(NC(=O)c2ccc(Cl)cn2)c1. The molecule has 1 aromatic carbocycles.